The van der Waals surface area contributed by atoms with E-state index in [4.69, 9.17) is 4.43 Å². The molecule has 0 N–H and O–H groups in total. The van der Waals surface area contributed by atoms with Gasteiger partial charge < -0.3 is 0 Å². The Bertz CT molecular complexity index is 127. The van der Waals surface area contributed by atoms with Crippen molar-refractivity contribution in [2.45, 2.75) is 50.6 Å². The summed E-state index contributed by atoms with van der Waals surface area (Å²) < 4.78 is 6.31. The van der Waals surface area contributed by atoms with Crippen LogP contribution in [0.25, 0.3) is 0 Å². The number of hydrogen-bond donors (Lipinski definition) is 0. The second-order valence-electron chi connectivity index (χ2n) is 4.93. The van der Waals surface area contributed by atoms with E-state index >= 15 is 0 Å². The Morgan fingerprint density at radius 1 is 1.27 bits per heavy atom. The fourth-order valence-electron chi connectivity index (χ4n) is 0.766. The summed E-state index contributed by atoms with van der Waals surface area (Å²) in [5.74, 6) is 0. The quantitative estimate of drug-likeness (QED) is 0.573. The monoisotopic (exact) mass is 166 g/mol. The summed E-state index contributed by atoms with van der Waals surface area (Å²) in [6.07, 6.45) is 0. The standard InChI is InChI=1S/C8H19OSi.Li/c1-7-9-10(5,6)8(2,3)4;/h7H,1-6H3;. The third kappa shape index (κ3) is 3.80. The molecule has 0 bridgehead atoms. The summed E-state index contributed by atoms with van der Waals surface area (Å²) in [5.41, 5.74) is 0. The third-order valence-corrected chi connectivity index (χ3v) is 7.01. The average molecular weight is 166 g/mol. The Kier molecular flexibility index (Phi) is 3.92. The van der Waals surface area contributed by atoms with E-state index in [9.17, 15) is 0 Å². The minimum atomic E-state index is -1.47. The van der Waals surface area contributed by atoms with Gasteiger partial charge in [0, 0.05) is 0 Å². The fraction of sp³-hybridized carbons (Fsp3) is 1.00. The van der Waals surface area contributed by atoms with E-state index in [1.807, 2.05) is 0 Å². The molecule has 0 aliphatic heterocycles. The molecule has 0 aromatic rings. The number of rotatable bonds is 2. The zero-order chi connectivity index (χ0) is 9.28. The Hall–Kier alpha value is 0.774. The zero-order valence-corrected chi connectivity index (χ0v) is 9.99. The molecule has 11 heavy (non-hydrogen) atoms. The van der Waals surface area contributed by atoms with Crippen molar-refractivity contribution in [3.63, 3.8) is 0 Å². The molecular weight excluding hydrogens is 147 g/mol. The van der Waals surface area contributed by atoms with Gasteiger partial charge in [0.25, 0.3) is 0 Å². The van der Waals surface area contributed by atoms with Gasteiger partial charge in [-0.15, -0.1) is 0 Å². The predicted molar refractivity (Wildman–Crippen MR) is 53.5 cm³/mol. The molecule has 0 aromatic carbocycles. The van der Waals surface area contributed by atoms with E-state index in [1.54, 1.807) is 0 Å². The molecular formula is C8H19LiOSi. The molecule has 0 rings (SSSR count). The topological polar surface area (TPSA) is 9.23 Å². The predicted octanol–water partition coefficient (Wildman–Crippen LogP) is 2.52. The van der Waals surface area contributed by atoms with Gasteiger partial charge in [-0.25, -0.2) is 0 Å². The zero-order valence-electron chi connectivity index (χ0n) is 8.99. The van der Waals surface area contributed by atoms with Crippen molar-refractivity contribution < 1.29 is 4.43 Å². The molecule has 0 fully saturated rings. The van der Waals surface area contributed by atoms with Gasteiger partial charge in [-0.2, -0.15) is 0 Å². The van der Waals surface area contributed by atoms with Crippen molar-refractivity contribution in [1.29, 1.82) is 0 Å². The van der Waals surface area contributed by atoms with Crippen LogP contribution in [0.3, 0.4) is 0 Å². The van der Waals surface area contributed by atoms with E-state index in [0.717, 1.165) is 0 Å². The molecule has 0 heterocycles. The first-order valence-electron chi connectivity index (χ1n) is 4.34. The van der Waals surface area contributed by atoms with Gasteiger partial charge in [0.05, 0.1) is 0 Å². The van der Waals surface area contributed by atoms with Crippen LogP contribution in [-0.2, 0) is 4.43 Å². The van der Waals surface area contributed by atoms with Crippen molar-refractivity contribution in [2.75, 3.05) is 0 Å². The first-order valence-corrected chi connectivity index (χ1v) is 7.25. The summed E-state index contributed by atoms with van der Waals surface area (Å²) in [6, 6.07) is 0. The summed E-state index contributed by atoms with van der Waals surface area (Å²) in [6.45, 7) is 13.5. The number of hydrogen-bond acceptors (Lipinski definition) is 1. The molecule has 3 heteroatoms. The molecule has 0 aliphatic carbocycles. The van der Waals surface area contributed by atoms with Crippen molar-refractivity contribution >= 4 is 26.0 Å². The van der Waals surface area contributed by atoms with Crippen LogP contribution in [0.1, 0.15) is 27.7 Å². The van der Waals surface area contributed by atoms with Gasteiger partial charge in [-0.05, 0) is 0 Å². The summed E-state index contributed by atoms with van der Waals surface area (Å²) >= 11 is 2.11. The fourth-order valence-corrected chi connectivity index (χ4v) is 2.30. The van der Waals surface area contributed by atoms with Crippen LogP contribution in [0.2, 0.25) is 18.1 Å². The van der Waals surface area contributed by atoms with Crippen LogP contribution in [0.5, 0.6) is 0 Å². The van der Waals surface area contributed by atoms with Gasteiger partial charge in [0.15, 0.2) is 0 Å². The van der Waals surface area contributed by atoms with Crippen LogP contribution in [0.4, 0.5) is 0 Å². The SMILES string of the molecule is [Li][CH](C)O[Si](C)(C)C(C)(C)C. The van der Waals surface area contributed by atoms with Crippen molar-refractivity contribution in [3.05, 3.63) is 0 Å². The second-order valence-corrected chi connectivity index (χ2v) is 9.68. The maximum absolute atomic E-state index is 5.94. The third-order valence-electron chi connectivity index (χ3n) is 2.34. The molecule has 62 valence electrons. The summed E-state index contributed by atoms with van der Waals surface area (Å²) in [5, 5.41) is 0.345. The van der Waals surface area contributed by atoms with Crippen LogP contribution < -0.4 is 0 Å². The van der Waals surface area contributed by atoms with E-state index < -0.39 is 8.32 Å². The van der Waals surface area contributed by atoms with E-state index in [0.29, 0.717) is 9.82 Å². The van der Waals surface area contributed by atoms with Gasteiger partial charge in [-0.3, -0.25) is 0 Å². The maximum atomic E-state index is 5.94. The van der Waals surface area contributed by atoms with Crippen molar-refractivity contribution in [3.8, 4) is 0 Å². The minimum absolute atomic E-state index is 0.345. The van der Waals surface area contributed by atoms with Crippen LogP contribution in [0, 0.1) is 0 Å². The Labute approximate surface area is 81.2 Å². The molecule has 0 aromatic heterocycles. The Morgan fingerprint density at radius 3 is 1.73 bits per heavy atom. The van der Waals surface area contributed by atoms with Gasteiger partial charge in [0.2, 0.25) is 0 Å². The average Bonchev–Trinajstić information content (AvgIpc) is 1.56. The van der Waals surface area contributed by atoms with Crippen LogP contribution in [0.15, 0.2) is 0 Å². The Balaban J connectivity index is 4.22. The first kappa shape index (κ1) is 11.8. The van der Waals surface area contributed by atoms with Crippen LogP contribution >= 0.6 is 0 Å². The van der Waals surface area contributed by atoms with Gasteiger partial charge >= 0.3 is 81.1 Å². The first-order chi connectivity index (χ1) is 4.67. The molecule has 1 nitrogen and oxygen atoms in total. The van der Waals surface area contributed by atoms with Crippen LogP contribution in [-0.4, -0.2) is 30.8 Å². The molecule has 0 spiro atoms. The molecule has 0 aliphatic rings. The molecule has 1 unspecified atom stereocenters. The van der Waals surface area contributed by atoms with E-state index in [1.165, 1.54) is 0 Å². The molecule has 0 saturated carbocycles. The van der Waals surface area contributed by atoms with Crippen molar-refractivity contribution in [1.82, 2.24) is 0 Å². The summed E-state index contributed by atoms with van der Waals surface area (Å²) in [7, 11) is -1.47. The van der Waals surface area contributed by atoms with Gasteiger partial charge in [-0.1, -0.05) is 0 Å². The molecule has 0 amide bonds. The molecule has 0 saturated heterocycles. The van der Waals surface area contributed by atoms with E-state index in [-0.39, 0.29) is 0 Å². The summed E-state index contributed by atoms with van der Waals surface area (Å²) in [4.78, 5) is 0. The molecule has 0 radical (unpaired) electrons. The van der Waals surface area contributed by atoms with E-state index in [2.05, 4.69) is 58.5 Å². The molecule has 1 atom stereocenters. The van der Waals surface area contributed by atoms with Crippen molar-refractivity contribution in [2.24, 2.45) is 0 Å². The van der Waals surface area contributed by atoms with Gasteiger partial charge in [0.1, 0.15) is 0 Å². The second kappa shape index (κ2) is 3.66. The normalized spacial score (nSPS) is 16.7. The Morgan fingerprint density at radius 2 is 1.64 bits per heavy atom.